The van der Waals surface area contributed by atoms with Gasteiger partial charge in [0.1, 0.15) is 0 Å². The standard InChI is InChI=1S/C14H18N2O2/c1-8-9(2)14(18)16(13(8)17)7-11-5-4-6-12(15)10(11)3/h4-6,8-9H,7,15H2,1-3H3. The predicted octanol–water partition coefficient (Wildman–Crippen LogP) is 1.72. The number of nitrogens with zero attached hydrogens (tertiary/aromatic N) is 1. The number of hydrogen-bond donors (Lipinski definition) is 1. The van der Waals surface area contributed by atoms with Crippen LogP contribution in [-0.2, 0) is 16.1 Å². The van der Waals surface area contributed by atoms with Gasteiger partial charge < -0.3 is 5.73 Å². The topological polar surface area (TPSA) is 63.4 Å². The van der Waals surface area contributed by atoms with E-state index >= 15 is 0 Å². The first-order valence-electron chi connectivity index (χ1n) is 6.12. The first kappa shape index (κ1) is 12.6. The maximum atomic E-state index is 12.0. The lowest BCUT2D eigenvalue weighted by molar-refractivity contribution is -0.140. The highest BCUT2D eigenvalue weighted by molar-refractivity contribution is 6.04. The van der Waals surface area contributed by atoms with E-state index < -0.39 is 0 Å². The van der Waals surface area contributed by atoms with Crippen LogP contribution in [0.2, 0.25) is 0 Å². The molecule has 2 unspecified atom stereocenters. The van der Waals surface area contributed by atoms with E-state index in [4.69, 9.17) is 5.73 Å². The molecule has 1 aromatic rings. The molecule has 4 nitrogen and oxygen atoms in total. The lowest BCUT2D eigenvalue weighted by Crippen LogP contribution is -2.30. The molecule has 0 spiro atoms. The lowest BCUT2D eigenvalue weighted by Gasteiger charge is -2.17. The zero-order valence-electron chi connectivity index (χ0n) is 10.9. The van der Waals surface area contributed by atoms with Crippen molar-refractivity contribution >= 4 is 17.5 Å². The summed E-state index contributed by atoms with van der Waals surface area (Å²) in [4.78, 5) is 25.3. The van der Waals surface area contributed by atoms with E-state index in [1.54, 1.807) is 13.8 Å². The van der Waals surface area contributed by atoms with Crippen LogP contribution in [0.4, 0.5) is 5.69 Å². The van der Waals surface area contributed by atoms with E-state index in [1.807, 2.05) is 25.1 Å². The molecule has 1 aromatic carbocycles. The summed E-state index contributed by atoms with van der Waals surface area (Å²) in [5.74, 6) is -0.624. The molecule has 1 saturated heterocycles. The van der Waals surface area contributed by atoms with Crippen molar-refractivity contribution in [3.8, 4) is 0 Å². The Morgan fingerprint density at radius 1 is 1.17 bits per heavy atom. The van der Waals surface area contributed by atoms with E-state index in [9.17, 15) is 9.59 Å². The van der Waals surface area contributed by atoms with Gasteiger partial charge in [-0.15, -0.1) is 0 Å². The summed E-state index contributed by atoms with van der Waals surface area (Å²) in [5, 5.41) is 0. The van der Waals surface area contributed by atoms with Gasteiger partial charge in [0.15, 0.2) is 0 Å². The molecule has 2 amide bonds. The average Bonchev–Trinajstić information content (AvgIpc) is 2.52. The highest BCUT2D eigenvalue weighted by atomic mass is 16.2. The Morgan fingerprint density at radius 3 is 2.28 bits per heavy atom. The molecule has 2 rings (SSSR count). The van der Waals surface area contributed by atoms with Crippen LogP contribution in [0.5, 0.6) is 0 Å². The fraction of sp³-hybridized carbons (Fsp3) is 0.429. The third-order valence-corrected chi connectivity index (χ3v) is 3.88. The Kier molecular flexibility index (Phi) is 3.11. The zero-order chi connectivity index (χ0) is 13.4. The van der Waals surface area contributed by atoms with Crippen LogP contribution in [0.15, 0.2) is 18.2 Å². The highest BCUT2D eigenvalue weighted by Gasteiger charge is 2.42. The molecule has 2 atom stereocenters. The number of hydrogen-bond acceptors (Lipinski definition) is 3. The van der Waals surface area contributed by atoms with Crippen LogP contribution in [-0.4, -0.2) is 16.7 Å². The van der Waals surface area contributed by atoms with Crippen LogP contribution in [0.25, 0.3) is 0 Å². The first-order valence-corrected chi connectivity index (χ1v) is 6.12. The largest absolute Gasteiger partial charge is 0.399 e. The number of carbonyl (C=O) groups is 2. The number of nitrogen functional groups attached to an aromatic ring is 1. The number of amides is 2. The van der Waals surface area contributed by atoms with Gasteiger partial charge in [-0.05, 0) is 24.1 Å². The quantitative estimate of drug-likeness (QED) is 0.638. The van der Waals surface area contributed by atoms with Gasteiger partial charge in [0.2, 0.25) is 11.8 Å². The Bertz CT molecular complexity index is 491. The highest BCUT2D eigenvalue weighted by Crippen LogP contribution is 2.28. The summed E-state index contributed by atoms with van der Waals surface area (Å²) in [6.45, 7) is 5.83. The zero-order valence-corrected chi connectivity index (χ0v) is 10.9. The van der Waals surface area contributed by atoms with Gasteiger partial charge in [-0.25, -0.2) is 0 Å². The number of nitrogens with two attached hydrogens (primary N) is 1. The summed E-state index contributed by atoms with van der Waals surface area (Å²) in [6.07, 6.45) is 0. The fourth-order valence-electron chi connectivity index (χ4n) is 2.23. The van der Waals surface area contributed by atoms with E-state index in [0.717, 1.165) is 11.1 Å². The second-order valence-corrected chi connectivity index (χ2v) is 4.97. The van der Waals surface area contributed by atoms with Crippen LogP contribution in [0.3, 0.4) is 0 Å². The third kappa shape index (κ3) is 1.88. The van der Waals surface area contributed by atoms with Gasteiger partial charge in [0, 0.05) is 17.5 Å². The molecule has 0 bridgehead atoms. The predicted molar refractivity (Wildman–Crippen MR) is 69.5 cm³/mol. The fourth-order valence-corrected chi connectivity index (χ4v) is 2.23. The molecule has 0 radical (unpaired) electrons. The lowest BCUT2D eigenvalue weighted by atomic mass is 10.00. The van der Waals surface area contributed by atoms with Crippen molar-refractivity contribution in [2.24, 2.45) is 11.8 Å². The second kappa shape index (κ2) is 4.44. The van der Waals surface area contributed by atoms with Crippen molar-refractivity contribution in [1.82, 2.24) is 4.90 Å². The minimum atomic E-state index is -0.223. The number of benzene rings is 1. The van der Waals surface area contributed by atoms with Gasteiger partial charge in [-0.2, -0.15) is 0 Å². The molecule has 18 heavy (non-hydrogen) atoms. The van der Waals surface area contributed by atoms with Gasteiger partial charge in [0.25, 0.3) is 0 Å². The minimum absolute atomic E-state index is 0.0886. The SMILES string of the molecule is Cc1c(N)cccc1CN1C(=O)C(C)C(C)C1=O. The molecule has 1 fully saturated rings. The van der Waals surface area contributed by atoms with E-state index in [-0.39, 0.29) is 23.7 Å². The van der Waals surface area contributed by atoms with Gasteiger partial charge in [-0.3, -0.25) is 14.5 Å². The van der Waals surface area contributed by atoms with Crippen LogP contribution < -0.4 is 5.73 Å². The van der Waals surface area contributed by atoms with E-state index in [2.05, 4.69) is 0 Å². The summed E-state index contributed by atoms with van der Waals surface area (Å²) in [5.41, 5.74) is 8.38. The molecule has 1 aliphatic rings. The second-order valence-electron chi connectivity index (χ2n) is 4.97. The monoisotopic (exact) mass is 246 g/mol. The Morgan fingerprint density at radius 2 is 1.72 bits per heavy atom. The van der Waals surface area contributed by atoms with Crippen LogP contribution in [0.1, 0.15) is 25.0 Å². The van der Waals surface area contributed by atoms with Gasteiger partial charge >= 0.3 is 0 Å². The molecule has 0 saturated carbocycles. The van der Waals surface area contributed by atoms with Crippen molar-refractivity contribution in [3.05, 3.63) is 29.3 Å². The molecule has 2 N–H and O–H groups in total. The molecule has 1 aliphatic heterocycles. The number of likely N-dealkylation sites (tertiary alicyclic amines) is 1. The van der Waals surface area contributed by atoms with Crippen molar-refractivity contribution in [3.63, 3.8) is 0 Å². The summed E-state index contributed by atoms with van der Waals surface area (Å²) in [7, 11) is 0. The number of anilines is 1. The summed E-state index contributed by atoms with van der Waals surface area (Å²) >= 11 is 0. The number of carbonyl (C=O) groups excluding carboxylic acids is 2. The minimum Gasteiger partial charge on any atom is -0.399 e. The van der Waals surface area contributed by atoms with Crippen molar-refractivity contribution < 1.29 is 9.59 Å². The summed E-state index contributed by atoms with van der Waals surface area (Å²) < 4.78 is 0. The van der Waals surface area contributed by atoms with Crippen molar-refractivity contribution in [2.45, 2.75) is 27.3 Å². The van der Waals surface area contributed by atoms with Gasteiger partial charge in [-0.1, -0.05) is 26.0 Å². The maximum Gasteiger partial charge on any atom is 0.233 e. The summed E-state index contributed by atoms with van der Waals surface area (Å²) in [6, 6.07) is 5.56. The van der Waals surface area contributed by atoms with Crippen LogP contribution >= 0.6 is 0 Å². The Hall–Kier alpha value is -1.84. The number of imide groups is 1. The normalized spacial score (nSPS) is 23.8. The Labute approximate surface area is 107 Å². The Balaban J connectivity index is 2.27. The molecule has 96 valence electrons. The van der Waals surface area contributed by atoms with Gasteiger partial charge in [0.05, 0.1) is 6.54 Å². The first-order chi connectivity index (χ1) is 8.43. The number of rotatable bonds is 2. The molecule has 0 aromatic heterocycles. The van der Waals surface area contributed by atoms with Crippen molar-refractivity contribution in [1.29, 1.82) is 0 Å². The van der Waals surface area contributed by atoms with E-state index in [1.165, 1.54) is 4.90 Å². The van der Waals surface area contributed by atoms with Crippen LogP contribution in [0, 0.1) is 18.8 Å². The third-order valence-electron chi connectivity index (χ3n) is 3.88. The van der Waals surface area contributed by atoms with E-state index in [0.29, 0.717) is 12.2 Å². The smallest absolute Gasteiger partial charge is 0.233 e. The molecule has 1 heterocycles. The molecular weight excluding hydrogens is 228 g/mol. The van der Waals surface area contributed by atoms with Crippen molar-refractivity contribution in [2.75, 3.05) is 5.73 Å². The molecule has 0 aliphatic carbocycles. The average molecular weight is 246 g/mol. The molecular formula is C14H18N2O2. The maximum absolute atomic E-state index is 12.0. The molecule has 4 heteroatoms.